The van der Waals surface area contributed by atoms with E-state index >= 15 is 0 Å². The summed E-state index contributed by atoms with van der Waals surface area (Å²) in [4.78, 5) is 4.11. The SMILES string of the molecule is Cc1cnc(Cl)c2cc(C)n(C)c12. The third kappa shape index (κ3) is 1.13. The monoisotopic (exact) mass is 194 g/mol. The first kappa shape index (κ1) is 8.57. The molecule has 0 N–H and O–H groups in total. The second kappa shape index (κ2) is 2.74. The van der Waals surface area contributed by atoms with E-state index in [4.69, 9.17) is 11.6 Å². The molecule has 2 heterocycles. The van der Waals surface area contributed by atoms with Crippen LogP contribution in [0.3, 0.4) is 0 Å². The molecule has 2 nitrogen and oxygen atoms in total. The van der Waals surface area contributed by atoms with Crippen LogP contribution in [-0.4, -0.2) is 9.55 Å². The van der Waals surface area contributed by atoms with Gasteiger partial charge in [0.2, 0.25) is 0 Å². The van der Waals surface area contributed by atoms with Gasteiger partial charge in [-0.15, -0.1) is 0 Å². The number of aryl methyl sites for hydroxylation is 3. The van der Waals surface area contributed by atoms with E-state index < -0.39 is 0 Å². The number of aromatic nitrogens is 2. The smallest absolute Gasteiger partial charge is 0.138 e. The summed E-state index contributed by atoms with van der Waals surface area (Å²) in [6.45, 7) is 4.11. The lowest BCUT2D eigenvalue weighted by Gasteiger charge is -2.02. The van der Waals surface area contributed by atoms with Crippen molar-refractivity contribution in [3.05, 3.63) is 28.7 Å². The fourth-order valence-electron chi connectivity index (χ4n) is 1.65. The molecule has 2 aromatic heterocycles. The van der Waals surface area contributed by atoms with Crippen LogP contribution in [-0.2, 0) is 7.05 Å². The average Bonchev–Trinajstić information content (AvgIpc) is 2.38. The normalized spacial score (nSPS) is 11.1. The van der Waals surface area contributed by atoms with Gasteiger partial charge in [-0.1, -0.05) is 11.6 Å². The fraction of sp³-hybridized carbons (Fsp3) is 0.300. The van der Waals surface area contributed by atoms with E-state index in [0.717, 1.165) is 10.9 Å². The Balaban J connectivity index is 3.00. The maximum atomic E-state index is 5.99. The van der Waals surface area contributed by atoms with Gasteiger partial charge in [-0.05, 0) is 25.5 Å². The molecule has 0 spiro atoms. The largest absolute Gasteiger partial charge is 0.348 e. The van der Waals surface area contributed by atoms with Crippen LogP contribution in [0, 0.1) is 13.8 Å². The molecule has 3 heteroatoms. The maximum absolute atomic E-state index is 5.99. The van der Waals surface area contributed by atoms with Crippen molar-refractivity contribution >= 4 is 22.5 Å². The fourth-order valence-corrected chi connectivity index (χ4v) is 1.84. The molecule has 0 aliphatic heterocycles. The lowest BCUT2D eigenvalue weighted by atomic mass is 10.2. The number of rotatable bonds is 0. The van der Waals surface area contributed by atoms with E-state index in [9.17, 15) is 0 Å². The topological polar surface area (TPSA) is 17.8 Å². The Morgan fingerprint density at radius 1 is 1.38 bits per heavy atom. The van der Waals surface area contributed by atoms with E-state index in [0.29, 0.717) is 5.15 Å². The van der Waals surface area contributed by atoms with Gasteiger partial charge in [0.1, 0.15) is 5.15 Å². The van der Waals surface area contributed by atoms with Crippen LogP contribution in [0.5, 0.6) is 0 Å². The van der Waals surface area contributed by atoms with Crippen molar-refractivity contribution < 1.29 is 0 Å². The summed E-state index contributed by atoms with van der Waals surface area (Å²) in [5, 5.41) is 1.63. The minimum atomic E-state index is 0.587. The predicted molar refractivity (Wildman–Crippen MR) is 55.2 cm³/mol. The van der Waals surface area contributed by atoms with E-state index in [2.05, 4.69) is 22.5 Å². The lowest BCUT2D eigenvalue weighted by Crippen LogP contribution is -1.92. The molecule has 0 atom stereocenters. The Labute approximate surface area is 82.1 Å². The lowest BCUT2D eigenvalue weighted by molar-refractivity contribution is 0.913. The zero-order valence-electron chi connectivity index (χ0n) is 7.93. The number of fused-ring (bicyclic) bond motifs is 1. The van der Waals surface area contributed by atoms with E-state index in [-0.39, 0.29) is 0 Å². The summed E-state index contributed by atoms with van der Waals surface area (Å²) in [6, 6.07) is 2.07. The first-order chi connectivity index (χ1) is 6.11. The molecule has 0 aromatic carbocycles. The molecule has 0 amide bonds. The first-order valence-corrected chi connectivity index (χ1v) is 4.56. The summed E-state index contributed by atoms with van der Waals surface area (Å²) in [6.07, 6.45) is 1.81. The molecular formula is C10H11ClN2. The molecule has 68 valence electrons. The quantitative estimate of drug-likeness (QED) is 0.590. The predicted octanol–water partition coefficient (Wildman–Crippen LogP) is 2.84. The van der Waals surface area contributed by atoms with Crippen LogP contribution >= 0.6 is 11.6 Å². The Kier molecular flexibility index (Phi) is 1.81. The molecule has 0 saturated carbocycles. The summed E-state index contributed by atoms with van der Waals surface area (Å²) in [7, 11) is 2.04. The maximum Gasteiger partial charge on any atom is 0.138 e. The van der Waals surface area contributed by atoms with E-state index in [1.54, 1.807) is 0 Å². The number of hydrogen-bond acceptors (Lipinski definition) is 1. The zero-order valence-corrected chi connectivity index (χ0v) is 8.68. The van der Waals surface area contributed by atoms with Crippen LogP contribution in [0.15, 0.2) is 12.3 Å². The van der Waals surface area contributed by atoms with Gasteiger partial charge < -0.3 is 4.57 Å². The molecule has 0 radical (unpaired) electrons. The highest BCUT2D eigenvalue weighted by Gasteiger charge is 2.08. The van der Waals surface area contributed by atoms with Crippen molar-refractivity contribution in [3.63, 3.8) is 0 Å². The molecule has 0 unspecified atom stereocenters. The molecule has 13 heavy (non-hydrogen) atoms. The van der Waals surface area contributed by atoms with Crippen LogP contribution < -0.4 is 0 Å². The summed E-state index contributed by atoms with van der Waals surface area (Å²) in [5.74, 6) is 0. The second-order valence-electron chi connectivity index (χ2n) is 3.34. The highest BCUT2D eigenvalue weighted by atomic mass is 35.5. The van der Waals surface area contributed by atoms with E-state index in [1.165, 1.54) is 11.2 Å². The third-order valence-corrected chi connectivity index (χ3v) is 2.74. The van der Waals surface area contributed by atoms with Crippen LogP contribution in [0.2, 0.25) is 5.15 Å². The number of nitrogens with zero attached hydrogens (tertiary/aromatic N) is 2. The molecule has 0 bridgehead atoms. The molecule has 2 rings (SSSR count). The van der Waals surface area contributed by atoms with Crippen molar-refractivity contribution in [2.75, 3.05) is 0 Å². The van der Waals surface area contributed by atoms with Gasteiger partial charge in [-0.25, -0.2) is 4.98 Å². The van der Waals surface area contributed by atoms with Crippen LogP contribution in [0.25, 0.3) is 10.9 Å². The molecule has 0 saturated heterocycles. The minimum Gasteiger partial charge on any atom is -0.348 e. The van der Waals surface area contributed by atoms with Crippen molar-refractivity contribution in [1.82, 2.24) is 9.55 Å². The zero-order chi connectivity index (χ0) is 9.59. The number of hydrogen-bond donors (Lipinski definition) is 0. The Morgan fingerprint density at radius 3 is 2.69 bits per heavy atom. The minimum absolute atomic E-state index is 0.587. The van der Waals surface area contributed by atoms with Gasteiger partial charge in [0.05, 0.1) is 5.52 Å². The highest BCUT2D eigenvalue weighted by Crippen LogP contribution is 2.26. The molecular weight excluding hydrogens is 184 g/mol. The molecule has 0 fully saturated rings. The number of pyridine rings is 1. The Morgan fingerprint density at radius 2 is 2.08 bits per heavy atom. The number of halogens is 1. The van der Waals surface area contributed by atoms with E-state index in [1.807, 2.05) is 20.2 Å². The molecule has 2 aromatic rings. The third-order valence-electron chi connectivity index (χ3n) is 2.44. The summed E-state index contributed by atoms with van der Waals surface area (Å²) < 4.78 is 2.14. The summed E-state index contributed by atoms with van der Waals surface area (Å²) in [5.41, 5.74) is 3.54. The van der Waals surface area contributed by atoms with Gasteiger partial charge in [0.25, 0.3) is 0 Å². The van der Waals surface area contributed by atoms with Gasteiger partial charge in [0.15, 0.2) is 0 Å². The van der Waals surface area contributed by atoms with Gasteiger partial charge in [-0.3, -0.25) is 0 Å². The standard InChI is InChI=1S/C10H11ClN2/c1-6-5-12-10(11)8-4-7(2)13(3)9(6)8/h4-5H,1-3H3. The Hall–Kier alpha value is -1.02. The van der Waals surface area contributed by atoms with Crippen LogP contribution in [0.1, 0.15) is 11.3 Å². The van der Waals surface area contributed by atoms with Crippen molar-refractivity contribution in [2.45, 2.75) is 13.8 Å². The molecule has 0 aliphatic rings. The van der Waals surface area contributed by atoms with Crippen LogP contribution in [0.4, 0.5) is 0 Å². The van der Waals surface area contributed by atoms with Crippen molar-refractivity contribution in [3.8, 4) is 0 Å². The summed E-state index contributed by atoms with van der Waals surface area (Å²) >= 11 is 5.99. The highest BCUT2D eigenvalue weighted by molar-refractivity contribution is 6.34. The van der Waals surface area contributed by atoms with Gasteiger partial charge in [0, 0.05) is 24.3 Å². The van der Waals surface area contributed by atoms with Crippen molar-refractivity contribution in [2.24, 2.45) is 7.05 Å². The molecule has 0 aliphatic carbocycles. The second-order valence-corrected chi connectivity index (χ2v) is 3.70. The van der Waals surface area contributed by atoms with Crippen molar-refractivity contribution in [1.29, 1.82) is 0 Å². The van der Waals surface area contributed by atoms with Gasteiger partial charge >= 0.3 is 0 Å². The Bertz CT molecular complexity index is 471. The first-order valence-electron chi connectivity index (χ1n) is 4.18. The average molecular weight is 195 g/mol. The van der Waals surface area contributed by atoms with Gasteiger partial charge in [-0.2, -0.15) is 0 Å².